The van der Waals surface area contributed by atoms with E-state index in [0.717, 1.165) is 11.3 Å². The van der Waals surface area contributed by atoms with Gasteiger partial charge in [0, 0.05) is 32.0 Å². The average molecular weight is 398 g/mol. The summed E-state index contributed by atoms with van der Waals surface area (Å²) in [7, 11) is 1.63. The molecule has 1 fully saturated rings. The molecule has 1 aliphatic rings. The molecule has 0 spiro atoms. The van der Waals surface area contributed by atoms with Gasteiger partial charge in [0.2, 0.25) is 0 Å². The van der Waals surface area contributed by atoms with Crippen LogP contribution in [0.5, 0.6) is 5.75 Å². The standard InChI is InChI=1S/C21H26N4O4/c1-3-29-21(26)18-14-24-20(23-13-15-4-6-16(27-2)7-5-15)17(12-22)19(18)25-8-10-28-11-9-25/h4-7,12,14,22H,3,8-11,13H2,1-2H3,(H,23,24). The molecule has 1 aliphatic heterocycles. The van der Waals surface area contributed by atoms with E-state index in [1.54, 1.807) is 14.0 Å². The van der Waals surface area contributed by atoms with Gasteiger partial charge >= 0.3 is 5.97 Å². The van der Waals surface area contributed by atoms with Crippen molar-refractivity contribution in [2.75, 3.05) is 50.2 Å². The largest absolute Gasteiger partial charge is 0.497 e. The van der Waals surface area contributed by atoms with Crippen LogP contribution in [0.3, 0.4) is 0 Å². The lowest BCUT2D eigenvalue weighted by Crippen LogP contribution is -2.38. The van der Waals surface area contributed by atoms with Gasteiger partial charge in [0.25, 0.3) is 0 Å². The zero-order valence-corrected chi connectivity index (χ0v) is 16.7. The number of ether oxygens (including phenoxy) is 3. The minimum Gasteiger partial charge on any atom is -0.497 e. The van der Waals surface area contributed by atoms with E-state index in [1.165, 1.54) is 12.4 Å². The van der Waals surface area contributed by atoms with Crippen molar-refractivity contribution in [1.82, 2.24) is 4.98 Å². The Bertz CT molecular complexity index is 849. The number of pyridine rings is 1. The molecule has 8 heteroatoms. The Morgan fingerprint density at radius 2 is 2.03 bits per heavy atom. The van der Waals surface area contributed by atoms with Crippen LogP contribution in [-0.2, 0) is 16.0 Å². The first-order chi connectivity index (χ1) is 14.2. The number of hydrogen-bond acceptors (Lipinski definition) is 8. The molecule has 2 N–H and O–H groups in total. The molecule has 1 saturated heterocycles. The highest BCUT2D eigenvalue weighted by molar-refractivity contribution is 6.03. The molecule has 1 aromatic carbocycles. The summed E-state index contributed by atoms with van der Waals surface area (Å²) in [6.07, 6.45) is 2.75. The number of anilines is 2. The molecular formula is C21H26N4O4. The molecule has 1 aromatic heterocycles. The van der Waals surface area contributed by atoms with Crippen LogP contribution >= 0.6 is 0 Å². The van der Waals surface area contributed by atoms with Gasteiger partial charge in [0.1, 0.15) is 17.1 Å². The van der Waals surface area contributed by atoms with Crippen molar-refractivity contribution in [3.63, 3.8) is 0 Å². The van der Waals surface area contributed by atoms with Gasteiger partial charge in [-0.2, -0.15) is 0 Å². The van der Waals surface area contributed by atoms with Crippen LogP contribution in [0.15, 0.2) is 30.5 Å². The highest BCUT2D eigenvalue weighted by atomic mass is 16.5. The maximum Gasteiger partial charge on any atom is 0.341 e. The summed E-state index contributed by atoms with van der Waals surface area (Å²) in [5.41, 5.74) is 2.63. The Hall–Kier alpha value is -3.13. The van der Waals surface area contributed by atoms with Gasteiger partial charge in [-0.15, -0.1) is 0 Å². The van der Waals surface area contributed by atoms with E-state index >= 15 is 0 Å². The molecule has 154 valence electrons. The van der Waals surface area contributed by atoms with Crippen LogP contribution in [0.1, 0.15) is 28.4 Å². The quantitative estimate of drug-likeness (QED) is 0.521. The van der Waals surface area contributed by atoms with Gasteiger partial charge in [-0.3, -0.25) is 0 Å². The number of hydrogen-bond donors (Lipinski definition) is 2. The first-order valence-corrected chi connectivity index (χ1v) is 9.58. The fourth-order valence-corrected chi connectivity index (χ4v) is 3.21. The second-order valence-electron chi connectivity index (χ2n) is 6.45. The molecule has 0 saturated carbocycles. The number of esters is 1. The van der Waals surface area contributed by atoms with E-state index in [2.05, 4.69) is 15.2 Å². The van der Waals surface area contributed by atoms with E-state index in [9.17, 15) is 4.79 Å². The molecule has 0 aliphatic carbocycles. The van der Waals surface area contributed by atoms with Crippen molar-refractivity contribution in [3.8, 4) is 5.75 Å². The molecule has 29 heavy (non-hydrogen) atoms. The summed E-state index contributed by atoms with van der Waals surface area (Å²) < 4.78 is 15.8. The molecule has 2 heterocycles. The number of nitrogens with zero attached hydrogens (tertiary/aromatic N) is 2. The molecule has 3 rings (SSSR count). The van der Waals surface area contributed by atoms with Crippen LogP contribution < -0.4 is 15.0 Å². The summed E-state index contributed by atoms with van der Waals surface area (Å²) in [6.45, 7) is 4.97. The van der Waals surface area contributed by atoms with Crippen LogP contribution in [0.2, 0.25) is 0 Å². The monoisotopic (exact) mass is 398 g/mol. The number of methoxy groups -OCH3 is 1. The van der Waals surface area contributed by atoms with Crippen LogP contribution in [0.25, 0.3) is 0 Å². The van der Waals surface area contributed by atoms with Crippen LogP contribution in [0, 0.1) is 5.41 Å². The molecule has 0 bridgehead atoms. The Balaban J connectivity index is 1.92. The molecule has 0 atom stereocenters. The number of carbonyl (C=O) groups is 1. The highest BCUT2D eigenvalue weighted by Crippen LogP contribution is 2.30. The summed E-state index contributed by atoms with van der Waals surface area (Å²) >= 11 is 0. The number of nitrogens with one attached hydrogen (secondary N) is 2. The normalized spacial score (nSPS) is 13.7. The number of benzene rings is 1. The van der Waals surface area contributed by atoms with Gasteiger partial charge in [-0.1, -0.05) is 12.1 Å². The van der Waals surface area contributed by atoms with Gasteiger partial charge < -0.3 is 29.8 Å². The van der Waals surface area contributed by atoms with Crippen molar-refractivity contribution in [3.05, 3.63) is 47.2 Å². The molecule has 0 unspecified atom stereocenters. The lowest BCUT2D eigenvalue weighted by Gasteiger charge is -2.31. The van der Waals surface area contributed by atoms with E-state index in [0.29, 0.717) is 55.5 Å². The summed E-state index contributed by atoms with van der Waals surface area (Å²) in [4.78, 5) is 19.0. The third-order valence-electron chi connectivity index (χ3n) is 4.67. The van der Waals surface area contributed by atoms with E-state index < -0.39 is 5.97 Å². The minimum absolute atomic E-state index is 0.277. The van der Waals surface area contributed by atoms with Crippen LogP contribution in [-0.4, -0.2) is 57.2 Å². The highest BCUT2D eigenvalue weighted by Gasteiger charge is 2.25. The number of morpholine rings is 1. The predicted molar refractivity (Wildman–Crippen MR) is 111 cm³/mol. The summed E-state index contributed by atoms with van der Waals surface area (Å²) in [6, 6.07) is 7.72. The van der Waals surface area contributed by atoms with Gasteiger partial charge in [0.05, 0.1) is 38.2 Å². The van der Waals surface area contributed by atoms with Crippen molar-refractivity contribution in [2.45, 2.75) is 13.5 Å². The van der Waals surface area contributed by atoms with E-state index in [4.69, 9.17) is 19.6 Å². The van der Waals surface area contributed by atoms with Crippen molar-refractivity contribution in [2.24, 2.45) is 0 Å². The van der Waals surface area contributed by atoms with Crippen molar-refractivity contribution >= 4 is 23.7 Å². The molecule has 2 aromatic rings. The summed E-state index contributed by atoms with van der Waals surface area (Å²) in [5.74, 6) is 0.900. The first kappa shape index (κ1) is 20.6. The Kier molecular flexibility index (Phi) is 7.02. The zero-order valence-electron chi connectivity index (χ0n) is 16.7. The fraction of sp³-hybridized carbons (Fsp3) is 0.381. The maximum atomic E-state index is 12.5. The second-order valence-corrected chi connectivity index (χ2v) is 6.45. The minimum atomic E-state index is -0.439. The maximum absolute atomic E-state index is 12.5. The zero-order chi connectivity index (χ0) is 20.6. The van der Waals surface area contributed by atoms with Crippen molar-refractivity contribution < 1.29 is 19.0 Å². The van der Waals surface area contributed by atoms with Gasteiger partial charge in [-0.05, 0) is 24.6 Å². The predicted octanol–water partition coefficient (Wildman–Crippen LogP) is 2.71. The molecular weight excluding hydrogens is 372 g/mol. The average Bonchev–Trinajstić information content (AvgIpc) is 2.78. The van der Waals surface area contributed by atoms with Crippen LogP contribution in [0.4, 0.5) is 11.5 Å². The lowest BCUT2D eigenvalue weighted by molar-refractivity contribution is 0.0525. The second kappa shape index (κ2) is 9.88. The smallest absolute Gasteiger partial charge is 0.341 e. The summed E-state index contributed by atoms with van der Waals surface area (Å²) in [5, 5.41) is 11.3. The topological polar surface area (TPSA) is 96.8 Å². The SMILES string of the molecule is CCOC(=O)c1cnc(NCc2ccc(OC)cc2)c(C=N)c1N1CCOCC1. The number of rotatable bonds is 8. The Morgan fingerprint density at radius 1 is 1.31 bits per heavy atom. The fourth-order valence-electron chi connectivity index (χ4n) is 3.21. The molecule has 0 radical (unpaired) electrons. The first-order valence-electron chi connectivity index (χ1n) is 9.58. The lowest BCUT2D eigenvalue weighted by atomic mass is 10.1. The number of aromatic nitrogens is 1. The third-order valence-corrected chi connectivity index (χ3v) is 4.67. The Morgan fingerprint density at radius 3 is 2.66 bits per heavy atom. The van der Waals surface area contributed by atoms with E-state index in [-0.39, 0.29) is 6.61 Å². The van der Waals surface area contributed by atoms with Crippen molar-refractivity contribution in [1.29, 1.82) is 5.41 Å². The molecule has 0 amide bonds. The van der Waals surface area contributed by atoms with E-state index in [1.807, 2.05) is 24.3 Å². The molecule has 8 nitrogen and oxygen atoms in total. The van der Waals surface area contributed by atoms with Gasteiger partial charge in [0.15, 0.2) is 0 Å². The number of carbonyl (C=O) groups excluding carboxylic acids is 1. The van der Waals surface area contributed by atoms with Gasteiger partial charge in [-0.25, -0.2) is 9.78 Å². The Labute approximate surface area is 170 Å². The third kappa shape index (κ3) is 4.83.